The molecule has 0 saturated carbocycles. The summed E-state index contributed by atoms with van der Waals surface area (Å²) < 4.78 is 17.0. The van der Waals surface area contributed by atoms with E-state index in [9.17, 15) is 14.0 Å². The largest absolute Gasteiger partial charge is 0.344 e. The van der Waals surface area contributed by atoms with Crippen molar-refractivity contribution in [1.82, 2.24) is 14.1 Å². The summed E-state index contributed by atoms with van der Waals surface area (Å²) in [7, 11) is 1.84. The molecular formula is C25H25FN4O2S. The Morgan fingerprint density at radius 2 is 1.91 bits per heavy atom. The van der Waals surface area contributed by atoms with E-state index in [1.165, 1.54) is 23.9 Å². The van der Waals surface area contributed by atoms with Crippen LogP contribution in [0.3, 0.4) is 0 Å². The number of fused-ring (bicyclic) bond motifs is 1. The first kappa shape index (κ1) is 22.8. The fourth-order valence-corrected chi connectivity index (χ4v) is 4.68. The Labute approximate surface area is 195 Å². The van der Waals surface area contributed by atoms with E-state index in [1.807, 2.05) is 57.4 Å². The van der Waals surface area contributed by atoms with Crippen LogP contribution in [0.4, 0.5) is 10.1 Å². The van der Waals surface area contributed by atoms with Crippen LogP contribution in [0, 0.1) is 12.7 Å². The van der Waals surface area contributed by atoms with Crippen molar-refractivity contribution in [1.29, 1.82) is 0 Å². The molecule has 170 valence electrons. The Bertz CT molecular complexity index is 1390. The molecule has 4 aromatic rings. The minimum Gasteiger partial charge on any atom is -0.344 e. The van der Waals surface area contributed by atoms with Gasteiger partial charge in [0, 0.05) is 30.5 Å². The molecule has 6 nitrogen and oxygen atoms in total. The van der Waals surface area contributed by atoms with E-state index in [0.29, 0.717) is 21.9 Å². The fraction of sp³-hybridized carbons (Fsp3) is 0.240. The monoisotopic (exact) mass is 464 g/mol. The smallest absolute Gasteiger partial charge is 0.278 e. The van der Waals surface area contributed by atoms with Gasteiger partial charge in [-0.15, -0.1) is 0 Å². The third-order valence-corrected chi connectivity index (χ3v) is 6.35. The molecule has 0 spiro atoms. The quantitative estimate of drug-likeness (QED) is 0.316. The van der Waals surface area contributed by atoms with Crippen molar-refractivity contribution in [3.8, 4) is 11.1 Å². The van der Waals surface area contributed by atoms with Crippen molar-refractivity contribution in [3.05, 3.63) is 76.5 Å². The normalized spacial score (nSPS) is 11.3. The molecule has 0 fully saturated rings. The lowest BCUT2D eigenvalue weighted by atomic mass is 10.1. The van der Waals surface area contributed by atoms with Crippen LogP contribution in [0.25, 0.3) is 22.2 Å². The Morgan fingerprint density at radius 1 is 1.18 bits per heavy atom. The molecule has 0 saturated heterocycles. The maximum absolute atomic E-state index is 13.6. The number of thioether (sulfide) groups is 1. The summed E-state index contributed by atoms with van der Waals surface area (Å²) >= 11 is 1.19. The van der Waals surface area contributed by atoms with Gasteiger partial charge >= 0.3 is 0 Å². The highest BCUT2D eigenvalue weighted by molar-refractivity contribution is 7.99. The molecule has 1 N–H and O–H groups in total. The number of halogens is 1. The van der Waals surface area contributed by atoms with E-state index in [2.05, 4.69) is 5.32 Å². The molecule has 0 aliphatic carbocycles. The number of hydrogen-bond donors (Lipinski definition) is 1. The molecule has 2 heterocycles. The zero-order valence-electron chi connectivity index (χ0n) is 18.9. The molecule has 8 heteroatoms. The summed E-state index contributed by atoms with van der Waals surface area (Å²) in [5.41, 5.74) is 4.00. The molecule has 0 unspecified atom stereocenters. The fourth-order valence-electron chi connectivity index (χ4n) is 3.76. The summed E-state index contributed by atoms with van der Waals surface area (Å²) in [6, 6.07) is 13.9. The summed E-state index contributed by atoms with van der Waals surface area (Å²) in [6.07, 6.45) is 1.91. The van der Waals surface area contributed by atoms with Gasteiger partial charge in [0.05, 0.1) is 5.75 Å². The second-order valence-corrected chi connectivity index (χ2v) is 9.12. The van der Waals surface area contributed by atoms with Crippen molar-refractivity contribution < 1.29 is 9.18 Å². The van der Waals surface area contributed by atoms with Gasteiger partial charge in [-0.05, 0) is 44.0 Å². The summed E-state index contributed by atoms with van der Waals surface area (Å²) in [6.45, 7) is 5.63. The zero-order chi connectivity index (χ0) is 23.7. The Hall–Kier alpha value is -3.39. The molecule has 0 bridgehead atoms. The van der Waals surface area contributed by atoms with Crippen LogP contribution < -0.4 is 10.9 Å². The Morgan fingerprint density at radius 3 is 2.61 bits per heavy atom. The van der Waals surface area contributed by atoms with Gasteiger partial charge in [0.1, 0.15) is 16.9 Å². The van der Waals surface area contributed by atoms with E-state index < -0.39 is 5.82 Å². The molecule has 0 atom stereocenters. The van der Waals surface area contributed by atoms with Crippen LogP contribution >= 0.6 is 11.8 Å². The first-order chi connectivity index (χ1) is 15.8. The number of anilines is 1. The molecule has 2 aromatic heterocycles. The highest BCUT2D eigenvalue weighted by atomic mass is 32.2. The number of nitrogens with zero attached hydrogens (tertiary/aromatic N) is 3. The molecular weight excluding hydrogens is 439 g/mol. The highest BCUT2D eigenvalue weighted by Crippen LogP contribution is 2.30. The van der Waals surface area contributed by atoms with Crippen molar-refractivity contribution in [3.63, 3.8) is 0 Å². The first-order valence-electron chi connectivity index (χ1n) is 10.6. The maximum atomic E-state index is 13.6. The molecule has 2 aromatic carbocycles. The Balaban J connectivity index is 1.70. The van der Waals surface area contributed by atoms with Crippen molar-refractivity contribution in [2.24, 2.45) is 7.05 Å². The summed E-state index contributed by atoms with van der Waals surface area (Å²) in [5, 5.41) is 3.21. The molecule has 0 aliphatic rings. The standard InChI is InChI=1S/C25H25FN4O2S/c1-15(2)30-24(32)23-22(19(13-29(23)4)17-8-6-5-7-9-17)28-25(30)33-14-21(31)27-20-12-18(26)11-10-16(20)3/h5-13,15H,14H2,1-4H3,(H,27,31). The number of hydrogen-bond acceptors (Lipinski definition) is 4. The van der Waals surface area contributed by atoms with Gasteiger partial charge in [-0.25, -0.2) is 9.37 Å². The lowest BCUT2D eigenvalue weighted by Crippen LogP contribution is -2.26. The van der Waals surface area contributed by atoms with Crippen LogP contribution in [-0.4, -0.2) is 25.8 Å². The molecule has 1 amide bonds. The predicted octanol–water partition coefficient (Wildman–Crippen LogP) is 5.16. The molecule has 0 aliphatic heterocycles. The molecule has 33 heavy (non-hydrogen) atoms. The number of rotatable bonds is 6. The number of carbonyl (C=O) groups excluding carboxylic acids is 1. The third kappa shape index (κ3) is 4.57. The van der Waals surface area contributed by atoms with E-state index in [1.54, 1.807) is 22.1 Å². The highest BCUT2D eigenvalue weighted by Gasteiger charge is 2.20. The van der Waals surface area contributed by atoms with Gasteiger partial charge in [-0.1, -0.05) is 48.2 Å². The van der Waals surface area contributed by atoms with Crippen molar-refractivity contribution in [2.75, 3.05) is 11.1 Å². The molecule has 0 radical (unpaired) electrons. The number of aryl methyl sites for hydroxylation is 2. The van der Waals surface area contributed by atoms with E-state index >= 15 is 0 Å². The number of nitrogens with one attached hydrogen (secondary N) is 1. The third-order valence-electron chi connectivity index (χ3n) is 5.40. The summed E-state index contributed by atoms with van der Waals surface area (Å²) in [4.78, 5) is 30.8. The van der Waals surface area contributed by atoms with Gasteiger partial charge in [-0.2, -0.15) is 0 Å². The number of aromatic nitrogens is 3. The number of amides is 1. The van der Waals surface area contributed by atoms with Gasteiger partial charge in [0.2, 0.25) is 5.91 Å². The first-order valence-corrected chi connectivity index (χ1v) is 11.6. The second kappa shape index (κ2) is 9.23. The summed E-state index contributed by atoms with van der Waals surface area (Å²) in [5.74, 6) is -0.676. The topological polar surface area (TPSA) is 68.9 Å². The van der Waals surface area contributed by atoms with Gasteiger partial charge in [0.25, 0.3) is 5.56 Å². The van der Waals surface area contributed by atoms with Crippen LogP contribution in [0.5, 0.6) is 0 Å². The van der Waals surface area contributed by atoms with Gasteiger partial charge < -0.3 is 9.88 Å². The Kier molecular flexibility index (Phi) is 6.37. The lowest BCUT2D eigenvalue weighted by molar-refractivity contribution is -0.113. The van der Waals surface area contributed by atoms with E-state index in [4.69, 9.17) is 4.98 Å². The minimum absolute atomic E-state index is 0.0358. The van der Waals surface area contributed by atoms with Gasteiger partial charge in [0.15, 0.2) is 5.16 Å². The second-order valence-electron chi connectivity index (χ2n) is 8.18. The zero-order valence-corrected chi connectivity index (χ0v) is 19.7. The van der Waals surface area contributed by atoms with Gasteiger partial charge in [-0.3, -0.25) is 14.2 Å². The number of benzene rings is 2. The minimum atomic E-state index is -0.415. The molecule has 4 rings (SSSR count). The van der Waals surface area contributed by atoms with Crippen LogP contribution in [0.15, 0.2) is 64.7 Å². The lowest BCUT2D eigenvalue weighted by Gasteiger charge is -2.16. The maximum Gasteiger partial charge on any atom is 0.278 e. The van der Waals surface area contributed by atoms with Crippen LogP contribution in [0.1, 0.15) is 25.5 Å². The van der Waals surface area contributed by atoms with E-state index in [-0.39, 0.29) is 23.3 Å². The van der Waals surface area contributed by atoms with Crippen molar-refractivity contribution in [2.45, 2.75) is 32.0 Å². The number of carbonyl (C=O) groups is 1. The van der Waals surface area contributed by atoms with Crippen molar-refractivity contribution >= 4 is 34.4 Å². The average Bonchev–Trinajstić information content (AvgIpc) is 3.11. The SMILES string of the molecule is Cc1ccc(F)cc1NC(=O)CSc1nc2c(-c3ccccc3)cn(C)c2c(=O)n1C(C)C. The average molecular weight is 465 g/mol. The van der Waals surface area contributed by atoms with E-state index in [0.717, 1.165) is 16.7 Å². The van der Waals surface area contributed by atoms with Crippen LogP contribution in [0.2, 0.25) is 0 Å². The predicted molar refractivity (Wildman–Crippen MR) is 131 cm³/mol. The van der Waals surface area contributed by atoms with Crippen LogP contribution in [-0.2, 0) is 11.8 Å².